The van der Waals surface area contributed by atoms with Crippen LogP contribution in [0.1, 0.15) is 30.9 Å². The third kappa shape index (κ3) is 2.83. The lowest BCUT2D eigenvalue weighted by molar-refractivity contribution is 0.280. The SMILES string of the molecule is COc1c(C)cc(C)cc1S(=O)(=O)N1CCCC(C)C1. The number of sulfonamides is 1. The lowest BCUT2D eigenvalue weighted by Crippen LogP contribution is -2.39. The molecule has 0 amide bonds. The summed E-state index contributed by atoms with van der Waals surface area (Å²) in [6, 6.07) is 3.65. The van der Waals surface area contributed by atoms with Gasteiger partial charge in [0.15, 0.2) is 0 Å². The second-order valence-electron chi connectivity index (χ2n) is 5.72. The van der Waals surface area contributed by atoms with Gasteiger partial charge in [-0.05, 0) is 49.8 Å². The first-order chi connectivity index (χ1) is 9.36. The molecule has 0 bridgehead atoms. The first-order valence-corrected chi connectivity index (χ1v) is 8.45. The quantitative estimate of drug-likeness (QED) is 0.862. The molecule has 1 aromatic rings. The molecular formula is C15H23NO3S. The third-order valence-corrected chi connectivity index (χ3v) is 5.70. The molecule has 1 unspecified atom stereocenters. The number of hydrogen-bond donors (Lipinski definition) is 0. The van der Waals surface area contributed by atoms with Gasteiger partial charge < -0.3 is 4.74 Å². The van der Waals surface area contributed by atoms with Crippen LogP contribution in [0.15, 0.2) is 17.0 Å². The van der Waals surface area contributed by atoms with Crippen molar-refractivity contribution in [3.8, 4) is 5.75 Å². The van der Waals surface area contributed by atoms with E-state index in [0.717, 1.165) is 24.0 Å². The number of piperidine rings is 1. The monoisotopic (exact) mass is 297 g/mol. The van der Waals surface area contributed by atoms with Crippen LogP contribution in [0.3, 0.4) is 0 Å². The molecule has 1 aliphatic heterocycles. The molecule has 20 heavy (non-hydrogen) atoms. The van der Waals surface area contributed by atoms with Gasteiger partial charge in [0.1, 0.15) is 10.6 Å². The van der Waals surface area contributed by atoms with Crippen LogP contribution < -0.4 is 4.74 Å². The van der Waals surface area contributed by atoms with E-state index in [4.69, 9.17) is 4.74 Å². The van der Waals surface area contributed by atoms with Gasteiger partial charge in [0.2, 0.25) is 10.0 Å². The lowest BCUT2D eigenvalue weighted by Gasteiger charge is -2.30. The number of hydrogen-bond acceptors (Lipinski definition) is 3. The van der Waals surface area contributed by atoms with Gasteiger partial charge in [-0.2, -0.15) is 4.31 Å². The van der Waals surface area contributed by atoms with E-state index in [1.807, 2.05) is 19.9 Å². The van der Waals surface area contributed by atoms with Gasteiger partial charge >= 0.3 is 0 Å². The molecule has 4 nitrogen and oxygen atoms in total. The molecule has 5 heteroatoms. The van der Waals surface area contributed by atoms with E-state index in [1.165, 1.54) is 7.11 Å². The summed E-state index contributed by atoms with van der Waals surface area (Å²) in [6.07, 6.45) is 2.02. The summed E-state index contributed by atoms with van der Waals surface area (Å²) in [5.74, 6) is 0.879. The highest BCUT2D eigenvalue weighted by Crippen LogP contribution is 2.33. The Morgan fingerprint density at radius 3 is 2.60 bits per heavy atom. The zero-order valence-corrected chi connectivity index (χ0v) is 13.5. The fourth-order valence-corrected chi connectivity index (χ4v) is 4.78. The lowest BCUT2D eigenvalue weighted by atomic mass is 10.0. The van der Waals surface area contributed by atoms with Crippen LogP contribution in [-0.2, 0) is 10.0 Å². The minimum Gasteiger partial charge on any atom is -0.495 e. The molecule has 0 saturated carbocycles. The van der Waals surface area contributed by atoms with E-state index in [9.17, 15) is 8.42 Å². The van der Waals surface area contributed by atoms with Crippen LogP contribution in [0.4, 0.5) is 0 Å². The highest BCUT2D eigenvalue weighted by Gasteiger charge is 2.31. The minimum absolute atomic E-state index is 0.298. The topological polar surface area (TPSA) is 46.6 Å². The van der Waals surface area contributed by atoms with Crippen molar-refractivity contribution in [1.82, 2.24) is 4.31 Å². The molecule has 0 aliphatic carbocycles. The summed E-state index contributed by atoms with van der Waals surface area (Å²) < 4.78 is 32.7. The van der Waals surface area contributed by atoms with Gasteiger partial charge in [-0.3, -0.25) is 0 Å². The van der Waals surface area contributed by atoms with Crippen LogP contribution in [0.5, 0.6) is 5.75 Å². The van der Waals surface area contributed by atoms with E-state index in [2.05, 4.69) is 6.92 Å². The Morgan fingerprint density at radius 1 is 1.30 bits per heavy atom. The van der Waals surface area contributed by atoms with Crippen molar-refractivity contribution < 1.29 is 13.2 Å². The second kappa shape index (κ2) is 5.74. The van der Waals surface area contributed by atoms with Crippen LogP contribution in [0.25, 0.3) is 0 Å². The molecule has 2 rings (SSSR count). The van der Waals surface area contributed by atoms with Crippen molar-refractivity contribution >= 4 is 10.0 Å². The average Bonchev–Trinajstić information content (AvgIpc) is 2.38. The van der Waals surface area contributed by atoms with Crippen LogP contribution in [0, 0.1) is 19.8 Å². The molecule has 0 spiro atoms. The molecule has 1 saturated heterocycles. The number of benzene rings is 1. The summed E-state index contributed by atoms with van der Waals surface area (Å²) in [5, 5.41) is 0. The van der Waals surface area contributed by atoms with Crippen LogP contribution in [-0.4, -0.2) is 32.9 Å². The van der Waals surface area contributed by atoms with Crippen molar-refractivity contribution in [3.05, 3.63) is 23.3 Å². The molecule has 1 atom stereocenters. The number of aryl methyl sites for hydroxylation is 2. The largest absolute Gasteiger partial charge is 0.495 e. The van der Waals surface area contributed by atoms with Gasteiger partial charge in [-0.15, -0.1) is 0 Å². The van der Waals surface area contributed by atoms with Crippen molar-refractivity contribution in [1.29, 1.82) is 0 Å². The Labute approximate surface area is 121 Å². The summed E-state index contributed by atoms with van der Waals surface area (Å²) >= 11 is 0. The van der Waals surface area contributed by atoms with E-state index >= 15 is 0 Å². The van der Waals surface area contributed by atoms with Crippen molar-refractivity contribution in [3.63, 3.8) is 0 Å². The zero-order chi connectivity index (χ0) is 14.9. The van der Waals surface area contributed by atoms with Gasteiger partial charge in [0, 0.05) is 13.1 Å². The van der Waals surface area contributed by atoms with Gasteiger partial charge in [-0.25, -0.2) is 8.42 Å². The molecule has 0 N–H and O–H groups in total. The Morgan fingerprint density at radius 2 is 2.00 bits per heavy atom. The molecule has 1 fully saturated rings. The maximum absolute atomic E-state index is 12.9. The Bertz CT molecular complexity index is 595. The molecule has 112 valence electrons. The Balaban J connectivity index is 2.48. The Hall–Kier alpha value is -1.07. The summed E-state index contributed by atoms with van der Waals surface area (Å²) in [4.78, 5) is 0.298. The fraction of sp³-hybridized carbons (Fsp3) is 0.600. The van der Waals surface area contributed by atoms with Gasteiger partial charge in [-0.1, -0.05) is 13.0 Å². The fourth-order valence-electron chi connectivity index (χ4n) is 2.87. The minimum atomic E-state index is -3.47. The third-order valence-electron chi connectivity index (χ3n) is 3.83. The molecule has 0 radical (unpaired) electrons. The maximum atomic E-state index is 12.9. The molecular weight excluding hydrogens is 274 g/mol. The van der Waals surface area contributed by atoms with Gasteiger partial charge in [0.05, 0.1) is 7.11 Å². The molecule has 1 aliphatic rings. The van der Waals surface area contributed by atoms with E-state index in [0.29, 0.717) is 29.7 Å². The van der Waals surface area contributed by atoms with Gasteiger partial charge in [0.25, 0.3) is 0 Å². The molecule has 1 heterocycles. The summed E-state index contributed by atoms with van der Waals surface area (Å²) in [5.41, 5.74) is 1.79. The van der Waals surface area contributed by atoms with E-state index < -0.39 is 10.0 Å². The highest BCUT2D eigenvalue weighted by molar-refractivity contribution is 7.89. The van der Waals surface area contributed by atoms with Crippen molar-refractivity contribution in [2.75, 3.05) is 20.2 Å². The predicted molar refractivity (Wildman–Crippen MR) is 79.6 cm³/mol. The number of ether oxygens (including phenoxy) is 1. The summed E-state index contributed by atoms with van der Waals surface area (Å²) in [7, 11) is -1.95. The average molecular weight is 297 g/mol. The van der Waals surface area contributed by atoms with Crippen LogP contribution in [0.2, 0.25) is 0 Å². The smallest absolute Gasteiger partial charge is 0.246 e. The van der Waals surface area contributed by atoms with Crippen molar-refractivity contribution in [2.45, 2.75) is 38.5 Å². The standard InChI is InChI=1S/C15H23NO3S/c1-11-6-5-7-16(10-11)20(17,18)14-9-12(2)8-13(3)15(14)19-4/h8-9,11H,5-7,10H2,1-4H3. The number of methoxy groups -OCH3 is 1. The molecule has 1 aromatic carbocycles. The first-order valence-electron chi connectivity index (χ1n) is 7.01. The number of nitrogens with zero attached hydrogens (tertiary/aromatic N) is 1. The second-order valence-corrected chi connectivity index (χ2v) is 7.63. The predicted octanol–water partition coefficient (Wildman–Crippen LogP) is 2.73. The normalized spacial score (nSPS) is 20.9. The van der Waals surface area contributed by atoms with Crippen molar-refractivity contribution in [2.24, 2.45) is 5.92 Å². The molecule has 0 aromatic heterocycles. The Kier molecular flexibility index (Phi) is 4.39. The first kappa shape index (κ1) is 15.3. The zero-order valence-electron chi connectivity index (χ0n) is 12.6. The number of rotatable bonds is 3. The van der Waals surface area contributed by atoms with E-state index in [-0.39, 0.29) is 0 Å². The highest BCUT2D eigenvalue weighted by atomic mass is 32.2. The van der Waals surface area contributed by atoms with Crippen LogP contribution >= 0.6 is 0 Å². The summed E-state index contributed by atoms with van der Waals surface area (Å²) in [6.45, 7) is 7.08. The van der Waals surface area contributed by atoms with E-state index in [1.54, 1.807) is 10.4 Å². The maximum Gasteiger partial charge on any atom is 0.246 e.